The van der Waals surface area contributed by atoms with Gasteiger partial charge in [0.15, 0.2) is 0 Å². The minimum atomic E-state index is -0.720. The molecule has 0 bridgehead atoms. The zero-order valence-corrected chi connectivity index (χ0v) is 18.9. The van der Waals surface area contributed by atoms with E-state index in [1.165, 1.54) is 4.90 Å². The summed E-state index contributed by atoms with van der Waals surface area (Å²) in [5, 5.41) is 11.5. The van der Waals surface area contributed by atoms with Crippen LogP contribution < -0.4 is 4.74 Å². The van der Waals surface area contributed by atoms with E-state index < -0.39 is 17.7 Å². The number of rotatable bonds is 7. The van der Waals surface area contributed by atoms with Crippen molar-refractivity contribution in [3.63, 3.8) is 0 Å². The summed E-state index contributed by atoms with van der Waals surface area (Å²) < 4.78 is 5.52. The second-order valence-corrected chi connectivity index (χ2v) is 8.13. The summed E-state index contributed by atoms with van der Waals surface area (Å²) >= 11 is 6.35. The standard InChI is InChI=1S/C24H27ClN2O4/c1-5-31-16-10-11-19(25)18(14-16)22(28)20-21(17-9-7-6-8-15(17)2)27(13-12-26(3)4)24(30)23(20)29/h6-11,14,21,28H,5,12-13H2,1-4H3/b22-20+. The van der Waals surface area contributed by atoms with Gasteiger partial charge in [-0.25, -0.2) is 0 Å². The normalized spacial score (nSPS) is 18.1. The zero-order chi connectivity index (χ0) is 22.7. The van der Waals surface area contributed by atoms with Crippen molar-refractivity contribution < 1.29 is 19.4 Å². The first-order valence-electron chi connectivity index (χ1n) is 10.2. The first-order chi connectivity index (χ1) is 14.8. The van der Waals surface area contributed by atoms with Gasteiger partial charge in [0, 0.05) is 18.7 Å². The Kier molecular flexibility index (Phi) is 7.03. The minimum absolute atomic E-state index is 0.0357. The Morgan fingerprint density at radius 3 is 2.55 bits per heavy atom. The van der Waals surface area contributed by atoms with Crippen molar-refractivity contribution in [2.45, 2.75) is 19.9 Å². The predicted molar refractivity (Wildman–Crippen MR) is 121 cm³/mol. The van der Waals surface area contributed by atoms with Gasteiger partial charge in [0.05, 0.1) is 23.2 Å². The van der Waals surface area contributed by atoms with E-state index in [4.69, 9.17) is 16.3 Å². The first-order valence-corrected chi connectivity index (χ1v) is 10.6. The number of carbonyl (C=O) groups is 2. The number of likely N-dealkylation sites (N-methyl/N-ethyl adjacent to an activating group) is 1. The van der Waals surface area contributed by atoms with Crippen LogP contribution in [0, 0.1) is 6.92 Å². The first kappa shape index (κ1) is 22.8. The SMILES string of the molecule is CCOc1ccc(Cl)c(/C(O)=C2\C(=O)C(=O)N(CCN(C)C)C2c2ccccc2C)c1. The lowest BCUT2D eigenvalue weighted by Crippen LogP contribution is -2.35. The van der Waals surface area contributed by atoms with Crippen molar-refractivity contribution in [1.29, 1.82) is 0 Å². The van der Waals surface area contributed by atoms with Crippen LogP contribution in [-0.4, -0.2) is 60.4 Å². The minimum Gasteiger partial charge on any atom is -0.507 e. The van der Waals surface area contributed by atoms with Gasteiger partial charge in [-0.3, -0.25) is 9.59 Å². The summed E-state index contributed by atoms with van der Waals surface area (Å²) in [4.78, 5) is 29.5. The van der Waals surface area contributed by atoms with Gasteiger partial charge in [-0.1, -0.05) is 35.9 Å². The van der Waals surface area contributed by atoms with Crippen LogP contribution in [0.15, 0.2) is 48.0 Å². The number of Topliss-reactive ketones (excluding diaryl/α,β-unsaturated/α-hetero) is 1. The Balaban J connectivity index is 2.20. The highest BCUT2D eigenvalue weighted by atomic mass is 35.5. The van der Waals surface area contributed by atoms with E-state index in [2.05, 4.69) is 0 Å². The van der Waals surface area contributed by atoms with E-state index >= 15 is 0 Å². The van der Waals surface area contributed by atoms with Gasteiger partial charge in [-0.05, 0) is 57.3 Å². The van der Waals surface area contributed by atoms with Crippen LogP contribution in [0.25, 0.3) is 5.76 Å². The van der Waals surface area contributed by atoms with Gasteiger partial charge >= 0.3 is 0 Å². The molecule has 1 aliphatic rings. The highest BCUT2D eigenvalue weighted by Gasteiger charge is 2.46. The topological polar surface area (TPSA) is 70.1 Å². The Morgan fingerprint density at radius 1 is 1.19 bits per heavy atom. The number of ether oxygens (including phenoxy) is 1. The van der Waals surface area contributed by atoms with Crippen LogP contribution in [0.2, 0.25) is 5.02 Å². The summed E-state index contributed by atoms with van der Waals surface area (Å²) in [6, 6.07) is 11.7. The van der Waals surface area contributed by atoms with Crippen LogP contribution in [0.5, 0.6) is 5.75 Å². The summed E-state index contributed by atoms with van der Waals surface area (Å²) in [6.45, 7) is 5.14. The van der Waals surface area contributed by atoms with Crippen LogP contribution in [0.4, 0.5) is 0 Å². The van der Waals surface area contributed by atoms with Crippen LogP contribution >= 0.6 is 11.6 Å². The smallest absolute Gasteiger partial charge is 0.295 e. The van der Waals surface area contributed by atoms with E-state index in [1.54, 1.807) is 18.2 Å². The Bertz CT molecular complexity index is 1030. The Hall–Kier alpha value is -2.83. The lowest BCUT2D eigenvalue weighted by Gasteiger charge is -2.27. The maximum Gasteiger partial charge on any atom is 0.295 e. The molecule has 0 aromatic heterocycles. The molecule has 0 spiro atoms. The molecule has 2 aromatic carbocycles. The molecule has 0 radical (unpaired) electrons. The number of likely N-dealkylation sites (tertiary alicyclic amines) is 1. The zero-order valence-electron chi connectivity index (χ0n) is 18.2. The second kappa shape index (κ2) is 9.54. The summed E-state index contributed by atoms with van der Waals surface area (Å²) in [7, 11) is 3.80. The van der Waals surface area contributed by atoms with E-state index in [9.17, 15) is 14.7 Å². The van der Waals surface area contributed by atoms with Gasteiger partial charge in [-0.15, -0.1) is 0 Å². The number of benzene rings is 2. The molecule has 2 aromatic rings. The third-order valence-corrected chi connectivity index (χ3v) is 5.64. The molecule has 1 fully saturated rings. The number of hydrogen-bond donors (Lipinski definition) is 1. The van der Waals surface area contributed by atoms with Gasteiger partial charge in [0.2, 0.25) is 0 Å². The number of amides is 1. The molecule has 3 rings (SSSR count). The van der Waals surface area contributed by atoms with Gasteiger partial charge in [0.25, 0.3) is 11.7 Å². The van der Waals surface area contributed by atoms with E-state index in [1.807, 2.05) is 57.1 Å². The number of hydrogen-bond acceptors (Lipinski definition) is 5. The van der Waals surface area contributed by atoms with E-state index in [-0.39, 0.29) is 21.9 Å². The molecule has 1 N–H and O–H groups in total. The summed E-state index contributed by atoms with van der Waals surface area (Å²) in [5.41, 5.74) is 2.01. The van der Waals surface area contributed by atoms with E-state index in [0.29, 0.717) is 25.4 Å². The fourth-order valence-electron chi connectivity index (χ4n) is 3.72. The molecule has 31 heavy (non-hydrogen) atoms. The molecule has 1 saturated heterocycles. The number of aliphatic hydroxyl groups is 1. The van der Waals surface area contributed by atoms with Crippen molar-refractivity contribution >= 4 is 29.1 Å². The number of carbonyl (C=O) groups excluding carboxylic acids is 2. The third kappa shape index (κ3) is 4.60. The predicted octanol–water partition coefficient (Wildman–Crippen LogP) is 4.03. The maximum atomic E-state index is 13.1. The molecule has 1 unspecified atom stereocenters. The summed E-state index contributed by atoms with van der Waals surface area (Å²) in [6.07, 6.45) is 0. The monoisotopic (exact) mass is 442 g/mol. The highest BCUT2D eigenvalue weighted by molar-refractivity contribution is 6.47. The fraction of sp³-hybridized carbons (Fsp3) is 0.333. The van der Waals surface area contributed by atoms with Crippen molar-refractivity contribution in [3.8, 4) is 5.75 Å². The van der Waals surface area contributed by atoms with Gasteiger partial charge in [0.1, 0.15) is 11.5 Å². The number of ketones is 1. The van der Waals surface area contributed by atoms with E-state index in [0.717, 1.165) is 11.1 Å². The number of aryl methyl sites for hydroxylation is 1. The molecule has 1 amide bonds. The van der Waals surface area contributed by atoms with Crippen molar-refractivity contribution in [1.82, 2.24) is 9.80 Å². The van der Waals surface area contributed by atoms with Crippen molar-refractivity contribution in [2.75, 3.05) is 33.8 Å². The van der Waals surface area contributed by atoms with Crippen LogP contribution in [0.1, 0.15) is 29.7 Å². The fourth-order valence-corrected chi connectivity index (χ4v) is 3.93. The molecule has 7 heteroatoms. The quantitative estimate of drug-likeness (QED) is 0.398. The number of nitrogens with zero attached hydrogens (tertiary/aromatic N) is 2. The molecule has 164 valence electrons. The Morgan fingerprint density at radius 2 is 1.90 bits per heavy atom. The van der Waals surface area contributed by atoms with Crippen molar-refractivity contribution in [2.24, 2.45) is 0 Å². The van der Waals surface area contributed by atoms with Gasteiger partial charge < -0.3 is 19.6 Å². The van der Waals surface area contributed by atoms with Gasteiger partial charge in [-0.2, -0.15) is 0 Å². The third-order valence-electron chi connectivity index (χ3n) is 5.32. The van der Waals surface area contributed by atoms with Crippen molar-refractivity contribution in [3.05, 3.63) is 69.8 Å². The van der Waals surface area contributed by atoms with Crippen LogP contribution in [-0.2, 0) is 9.59 Å². The second-order valence-electron chi connectivity index (χ2n) is 7.73. The lowest BCUT2D eigenvalue weighted by atomic mass is 9.92. The molecule has 1 aliphatic heterocycles. The number of halogens is 1. The number of aliphatic hydroxyl groups excluding tert-OH is 1. The molecule has 0 saturated carbocycles. The molecule has 6 nitrogen and oxygen atoms in total. The molecular formula is C24H27ClN2O4. The maximum absolute atomic E-state index is 13.1. The highest BCUT2D eigenvalue weighted by Crippen LogP contribution is 2.41. The van der Waals surface area contributed by atoms with Crippen LogP contribution in [0.3, 0.4) is 0 Å². The molecule has 1 atom stereocenters. The average Bonchev–Trinajstić information content (AvgIpc) is 2.98. The largest absolute Gasteiger partial charge is 0.507 e. The average molecular weight is 443 g/mol. The molecular weight excluding hydrogens is 416 g/mol. The lowest BCUT2D eigenvalue weighted by molar-refractivity contribution is -0.140. The Labute approximate surface area is 187 Å². The molecule has 1 heterocycles. The molecule has 0 aliphatic carbocycles. The summed E-state index contributed by atoms with van der Waals surface area (Å²) in [5.74, 6) is -1.13.